The number of rotatable bonds is 7. The second kappa shape index (κ2) is 6.83. The van der Waals surface area contributed by atoms with Crippen molar-refractivity contribution in [2.45, 2.75) is 42.5 Å². The fourth-order valence-corrected chi connectivity index (χ4v) is 3.57. The van der Waals surface area contributed by atoms with Crippen LogP contribution in [-0.4, -0.2) is 25.7 Å². The lowest BCUT2D eigenvalue weighted by Crippen LogP contribution is -2.46. The predicted octanol–water partition coefficient (Wildman–Crippen LogP) is 2.41. The summed E-state index contributed by atoms with van der Waals surface area (Å²) in [6.45, 7) is 3.65. The zero-order valence-electron chi connectivity index (χ0n) is 11.2. The Bertz CT molecular complexity index is 501. The molecule has 6 heteroatoms. The smallest absolute Gasteiger partial charge is 0.241 e. The van der Waals surface area contributed by atoms with Crippen LogP contribution in [0.3, 0.4) is 0 Å². The lowest BCUT2D eigenvalue weighted by Gasteiger charge is -2.28. The summed E-state index contributed by atoms with van der Waals surface area (Å²) in [7, 11) is -3.55. The van der Waals surface area contributed by atoms with E-state index < -0.39 is 15.6 Å². The summed E-state index contributed by atoms with van der Waals surface area (Å²) in [5, 5.41) is 9.72. The minimum Gasteiger partial charge on any atom is -0.396 e. The maximum atomic E-state index is 12.3. The van der Waals surface area contributed by atoms with Gasteiger partial charge in [0.25, 0.3) is 0 Å². The molecule has 0 aromatic heterocycles. The molecule has 0 fully saturated rings. The minimum absolute atomic E-state index is 0.0462. The molecule has 0 saturated carbocycles. The molecular formula is C13H20BrNO3S. The van der Waals surface area contributed by atoms with Crippen molar-refractivity contribution in [3.8, 4) is 0 Å². The van der Waals surface area contributed by atoms with E-state index in [0.717, 1.165) is 5.56 Å². The van der Waals surface area contributed by atoms with Gasteiger partial charge in [-0.25, -0.2) is 13.1 Å². The number of aliphatic hydroxyl groups is 1. The average molecular weight is 350 g/mol. The van der Waals surface area contributed by atoms with Gasteiger partial charge in [-0.2, -0.15) is 0 Å². The fourth-order valence-electron chi connectivity index (χ4n) is 1.69. The molecule has 0 aliphatic rings. The maximum Gasteiger partial charge on any atom is 0.241 e. The third-order valence-electron chi connectivity index (χ3n) is 3.21. The Morgan fingerprint density at radius 2 is 1.89 bits per heavy atom. The van der Waals surface area contributed by atoms with Crippen molar-refractivity contribution in [2.75, 3.05) is 6.61 Å². The first-order valence-corrected chi connectivity index (χ1v) is 8.77. The molecule has 0 heterocycles. The molecule has 0 radical (unpaired) electrons. The van der Waals surface area contributed by atoms with Crippen LogP contribution in [0.15, 0.2) is 29.2 Å². The summed E-state index contributed by atoms with van der Waals surface area (Å²) in [6, 6.07) is 6.74. The van der Waals surface area contributed by atoms with E-state index in [9.17, 15) is 8.42 Å². The summed E-state index contributed by atoms with van der Waals surface area (Å²) in [6.07, 6.45) is 1.01. The second-order valence-corrected chi connectivity index (χ2v) is 7.01. The van der Waals surface area contributed by atoms with Crippen molar-refractivity contribution in [3.05, 3.63) is 29.8 Å². The molecule has 0 bridgehead atoms. The molecule has 1 aromatic rings. The van der Waals surface area contributed by atoms with Crippen molar-refractivity contribution >= 4 is 26.0 Å². The second-order valence-electron chi connectivity index (χ2n) is 4.77. The fraction of sp³-hybridized carbons (Fsp3) is 0.538. The molecule has 1 rings (SSSR count). The number of alkyl halides is 1. The number of benzene rings is 1. The highest BCUT2D eigenvalue weighted by Crippen LogP contribution is 2.19. The van der Waals surface area contributed by atoms with Gasteiger partial charge in [-0.05, 0) is 37.5 Å². The van der Waals surface area contributed by atoms with Gasteiger partial charge in [-0.3, -0.25) is 0 Å². The van der Waals surface area contributed by atoms with Crippen LogP contribution in [0.2, 0.25) is 0 Å². The third kappa shape index (κ3) is 4.56. The van der Waals surface area contributed by atoms with E-state index in [2.05, 4.69) is 20.7 Å². The number of halogens is 1. The normalized spacial score (nSPS) is 15.2. The highest BCUT2D eigenvalue weighted by Gasteiger charge is 2.28. The number of sulfonamides is 1. The molecule has 2 N–H and O–H groups in total. The van der Waals surface area contributed by atoms with Gasteiger partial charge in [0.2, 0.25) is 10.0 Å². The first-order valence-electron chi connectivity index (χ1n) is 6.16. The van der Waals surface area contributed by atoms with Crippen molar-refractivity contribution < 1.29 is 13.5 Å². The zero-order valence-corrected chi connectivity index (χ0v) is 13.6. The van der Waals surface area contributed by atoms with Gasteiger partial charge in [0.1, 0.15) is 0 Å². The maximum absolute atomic E-state index is 12.3. The Morgan fingerprint density at radius 3 is 2.32 bits per heavy atom. The van der Waals surface area contributed by atoms with Crippen LogP contribution in [0.5, 0.6) is 0 Å². The van der Waals surface area contributed by atoms with Crippen molar-refractivity contribution in [1.82, 2.24) is 4.72 Å². The number of aliphatic hydroxyl groups excluding tert-OH is 1. The summed E-state index contributed by atoms with van der Waals surface area (Å²) >= 11 is 3.32. The molecule has 0 aliphatic heterocycles. The summed E-state index contributed by atoms with van der Waals surface area (Å²) in [4.78, 5) is 0.245. The van der Waals surface area contributed by atoms with E-state index >= 15 is 0 Å². The molecule has 0 aliphatic carbocycles. The van der Waals surface area contributed by atoms with Crippen LogP contribution >= 0.6 is 15.9 Å². The van der Waals surface area contributed by atoms with Gasteiger partial charge in [-0.1, -0.05) is 35.0 Å². The van der Waals surface area contributed by atoms with Gasteiger partial charge in [0, 0.05) is 17.5 Å². The van der Waals surface area contributed by atoms with E-state index in [-0.39, 0.29) is 11.5 Å². The highest BCUT2D eigenvalue weighted by atomic mass is 79.9. The van der Waals surface area contributed by atoms with Crippen molar-refractivity contribution in [3.63, 3.8) is 0 Å². The van der Waals surface area contributed by atoms with Crippen molar-refractivity contribution in [1.29, 1.82) is 0 Å². The summed E-state index contributed by atoms with van der Waals surface area (Å²) in [5.74, 6) is 0. The molecule has 0 saturated heterocycles. The van der Waals surface area contributed by atoms with Crippen LogP contribution in [0.25, 0.3) is 0 Å². The molecule has 0 amide bonds. The van der Waals surface area contributed by atoms with E-state index in [1.807, 2.05) is 6.92 Å². The van der Waals surface area contributed by atoms with Gasteiger partial charge in [0.05, 0.1) is 4.90 Å². The van der Waals surface area contributed by atoms with Crippen LogP contribution in [0.4, 0.5) is 0 Å². The van der Waals surface area contributed by atoms with Gasteiger partial charge in [0.15, 0.2) is 0 Å². The number of hydrogen-bond donors (Lipinski definition) is 2. The first-order chi connectivity index (χ1) is 8.87. The SMILES string of the molecule is CCC(C)(CCO)NS(=O)(=O)c1ccc(CBr)cc1. The molecule has 1 aromatic carbocycles. The van der Waals surface area contributed by atoms with E-state index in [4.69, 9.17) is 5.11 Å². The average Bonchev–Trinajstić information content (AvgIpc) is 2.38. The standard InChI is InChI=1S/C13H20BrNO3S/c1-3-13(2,8-9-16)15-19(17,18)12-6-4-11(10-14)5-7-12/h4-7,15-16H,3,8-10H2,1-2H3. The Hall–Kier alpha value is -0.430. The molecule has 108 valence electrons. The minimum atomic E-state index is -3.55. The van der Waals surface area contributed by atoms with Crippen molar-refractivity contribution in [2.24, 2.45) is 0 Å². The van der Waals surface area contributed by atoms with Crippen LogP contribution in [-0.2, 0) is 15.4 Å². The van der Waals surface area contributed by atoms with E-state index in [1.54, 1.807) is 31.2 Å². The quantitative estimate of drug-likeness (QED) is 0.742. The molecule has 4 nitrogen and oxygen atoms in total. The lowest BCUT2D eigenvalue weighted by atomic mass is 9.97. The Labute approximate surface area is 123 Å². The van der Waals surface area contributed by atoms with E-state index in [1.165, 1.54) is 0 Å². The number of nitrogens with one attached hydrogen (secondary N) is 1. The monoisotopic (exact) mass is 349 g/mol. The number of hydrogen-bond acceptors (Lipinski definition) is 3. The molecule has 1 atom stereocenters. The van der Waals surface area contributed by atoms with Crippen LogP contribution in [0, 0.1) is 0 Å². The predicted molar refractivity (Wildman–Crippen MR) is 79.8 cm³/mol. The summed E-state index contributed by atoms with van der Waals surface area (Å²) in [5.41, 5.74) is 0.398. The molecule has 0 spiro atoms. The van der Waals surface area contributed by atoms with E-state index in [0.29, 0.717) is 18.2 Å². The largest absolute Gasteiger partial charge is 0.396 e. The molecular weight excluding hydrogens is 330 g/mol. The Balaban J connectivity index is 2.96. The van der Waals surface area contributed by atoms with Crippen LogP contribution < -0.4 is 4.72 Å². The Kier molecular flexibility index (Phi) is 5.98. The topological polar surface area (TPSA) is 66.4 Å². The zero-order chi connectivity index (χ0) is 14.5. The Morgan fingerprint density at radius 1 is 1.32 bits per heavy atom. The first kappa shape index (κ1) is 16.6. The highest BCUT2D eigenvalue weighted by molar-refractivity contribution is 9.08. The molecule has 1 unspecified atom stereocenters. The van der Waals surface area contributed by atoms with Gasteiger partial charge < -0.3 is 5.11 Å². The van der Waals surface area contributed by atoms with Crippen LogP contribution in [0.1, 0.15) is 32.3 Å². The summed E-state index contributed by atoms with van der Waals surface area (Å²) < 4.78 is 27.2. The van der Waals surface area contributed by atoms with Gasteiger partial charge >= 0.3 is 0 Å². The third-order valence-corrected chi connectivity index (χ3v) is 5.51. The van der Waals surface area contributed by atoms with Gasteiger partial charge in [-0.15, -0.1) is 0 Å². The lowest BCUT2D eigenvalue weighted by molar-refractivity contribution is 0.233. The molecule has 19 heavy (non-hydrogen) atoms.